The van der Waals surface area contributed by atoms with Crippen LogP contribution in [0.1, 0.15) is 78.6 Å². The van der Waals surface area contributed by atoms with Crippen LogP contribution in [0.15, 0.2) is 0 Å². The molecule has 0 aliphatic rings. The molecule has 0 aromatic carbocycles. The lowest BCUT2D eigenvalue weighted by Gasteiger charge is -2.36. The van der Waals surface area contributed by atoms with Crippen molar-refractivity contribution in [3.8, 4) is 0 Å². The van der Waals surface area contributed by atoms with E-state index in [2.05, 4.69) is 33.9 Å². The van der Waals surface area contributed by atoms with Crippen LogP contribution >= 0.6 is 0 Å². The monoisotopic (exact) mass is 552 g/mol. The van der Waals surface area contributed by atoms with Crippen molar-refractivity contribution in [1.29, 1.82) is 0 Å². The fraction of sp³-hybridized carbons (Fsp3) is 1.00. The average Bonchev–Trinajstić information content (AvgIpc) is 2.85. The topological polar surface area (TPSA) is 107 Å². The van der Waals surface area contributed by atoms with E-state index in [-0.39, 0.29) is 24.9 Å². The van der Waals surface area contributed by atoms with Gasteiger partial charge in [-0.3, -0.25) is 0 Å². The highest BCUT2D eigenvalue weighted by Crippen LogP contribution is 2.36. The van der Waals surface area contributed by atoms with Crippen molar-refractivity contribution in [1.82, 2.24) is 0 Å². The van der Waals surface area contributed by atoms with E-state index in [1.165, 1.54) is 19.3 Å². The molecule has 0 saturated carbocycles. The summed E-state index contributed by atoms with van der Waals surface area (Å²) >= 11 is 0. The second kappa shape index (κ2) is 22.7. The Morgan fingerprint density at radius 2 is 0.811 bits per heavy atom. The first-order valence-corrected chi connectivity index (χ1v) is 17.3. The third kappa shape index (κ3) is 19.6. The predicted molar refractivity (Wildman–Crippen MR) is 152 cm³/mol. The molecule has 0 aliphatic carbocycles. The first kappa shape index (κ1) is 36.9. The summed E-state index contributed by atoms with van der Waals surface area (Å²) in [5.74, 6) is 0. The third-order valence-corrected chi connectivity index (χ3v) is 11.5. The second-order valence-corrected chi connectivity index (χ2v) is 16.5. The molecule has 37 heavy (non-hydrogen) atoms. The molecule has 3 N–H and O–H groups in total. The minimum atomic E-state index is -1.63. The molecule has 0 unspecified atom stereocenters. The molecule has 0 aliphatic heterocycles. The zero-order chi connectivity index (χ0) is 27.9. The minimum Gasteiger partial charge on any atom is -0.417 e. The van der Waals surface area contributed by atoms with Gasteiger partial charge in [-0.05, 0) is 50.2 Å². The lowest BCUT2D eigenvalue weighted by atomic mass is 9.92. The molecule has 0 radical (unpaired) electrons. The minimum absolute atomic E-state index is 0.0904. The van der Waals surface area contributed by atoms with Gasteiger partial charge in [-0.15, -0.1) is 0 Å². The van der Waals surface area contributed by atoms with E-state index in [1.54, 1.807) is 0 Å². The molecule has 0 aromatic heterocycles. The Balaban J connectivity index is 4.36. The van der Waals surface area contributed by atoms with E-state index in [4.69, 9.17) is 38.7 Å². The largest absolute Gasteiger partial charge is 0.417 e. The number of ether oxygens (including phenoxy) is 4. The van der Waals surface area contributed by atoms with Gasteiger partial charge in [0.05, 0.1) is 31.8 Å². The number of aliphatic hydroxyl groups excluding tert-OH is 3. The molecule has 0 spiro atoms. The van der Waals surface area contributed by atoms with Crippen LogP contribution in [0.4, 0.5) is 0 Å². The van der Waals surface area contributed by atoms with Crippen molar-refractivity contribution in [3.05, 3.63) is 0 Å². The molecule has 0 amide bonds. The van der Waals surface area contributed by atoms with Gasteiger partial charge < -0.3 is 38.7 Å². The van der Waals surface area contributed by atoms with Gasteiger partial charge in [0, 0.05) is 52.9 Å². The van der Waals surface area contributed by atoms with Crippen LogP contribution in [0.2, 0.25) is 18.1 Å². The first-order chi connectivity index (χ1) is 17.6. The van der Waals surface area contributed by atoms with E-state index in [0.29, 0.717) is 72.1 Å². The van der Waals surface area contributed by atoms with Gasteiger partial charge in [0.15, 0.2) is 8.32 Å². The highest BCUT2D eigenvalue weighted by atomic mass is 28.4. The molecule has 0 fully saturated rings. The fourth-order valence-corrected chi connectivity index (χ4v) is 4.55. The van der Waals surface area contributed by atoms with Gasteiger partial charge >= 0.3 is 0 Å². The Kier molecular flexibility index (Phi) is 22.6. The number of hydrogen-bond donors (Lipinski definition) is 3. The quantitative estimate of drug-likeness (QED) is 0.101. The summed E-state index contributed by atoms with van der Waals surface area (Å²) in [4.78, 5) is 0. The number of aliphatic hydroxyl groups is 3. The Labute approximate surface area is 228 Å². The van der Waals surface area contributed by atoms with E-state index in [0.717, 1.165) is 25.9 Å². The molecular weight excluding hydrogens is 492 g/mol. The highest BCUT2D eigenvalue weighted by Gasteiger charge is 2.36. The van der Waals surface area contributed by atoms with Crippen molar-refractivity contribution in [2.75, 3.05) is 79.3 Å². The first-order valence-electron chi connectivity index (χ1n) is 14.4. The van der Waals surface area contributed by atoms with Gasteiger partial charge in [0.1, 0.15) is 0 Å². The zero-order valence-corrected chi connectivity index (χ0v) is 25.7. The van der Waals surface area contributed by atoms with E-state index in [1.807, 2.05) is 0 Å². The summed E-state index contributed by atoms with van der Waals surface area (Å²) in [5, 5.41) is 27.4. The number of rotatable bonds is 27. The van der Waals surface area contributed by atoms with Crippen molar-refractivity contribution >= 4 is 8.32 Å². The lowest BCUT2D eigenvalue weighted by Crippen LogP contribution is -2.42. The van der Waals surface area contributed by atoms with E-state index < -0.39 is 13.7 Å². The summed E-state index contributed by atoms with van der Waals surface area (Å²) in [7, 11) is -1.63. The summed E-state index contributed by atoms with van der Waals surface area (Å²) < 4.78 is 29.8. The molecular formula is C28H60O8Si. The molecule has 0 rings (SSSR count). The van der Waals surface area contributed by atoms with E-state index >= 15 is 0 Å². The van der Waals surface area contributed by atoms with Crippen LogP contribution in [0.25, 0.3) is 0 Å². The van der Waals surface area contributed by atoms with Gasteiger partial charge in [0.2, 0.25) is 0 Å². The maximum Gasteiger partial charge on any atom is 0.191 e. The Morgan fingerprint density at radius 1 is 0.486 bits per heavy atom. The fourth-order valence-electron chi connectivity index (χ4n) is 3.46. The maximum absolute atomic E-state index is 9.06. The SMILES string of the molecule is CC(C)(C)[Si](C)(C)OCCCCCCCCOCC(COCCCO)(COCCCO)COCCCO. The summed E-state index contributed by atoms with van der Waals surface area (Å²) in [5.41, 5.74) is -0.468. The standard InChI is InChI=1S/C28H60O8Si/c1-27(2,3)37(4,5)36-22-11-9-7-6-8-10-18-32-23-28(24-33-19-12-15-29,25-34-20-13-16-30)26-35-21-14-17-31/h29-31H,6-26H2,1-5H3. The van der Waals surface area contributed by atoms with Gasteiger partial charge in [-0.1, -0.05) is 46.5 Å². The molecule has 8 nitrogen and oxygen atoms in total. The number of unbranched alkanes of at least 4 members (excludes halogenated alkanes) is 5. The normalized spacial score (nSPS) is 13.0. The molecule has 0 saturated heterocycles. The Hall–Kier alpha value is -0.103. The van der Waals surface area contributed by atoms with Crippen LogP contribution in [0.3, 0.4) is 0 Å². The predicted octanol–water partition coefficient (Wildman–Crippen LogP) is 4.55. The molecule has 0 bridgehead atoms. The third-order valence-electron chi connectivity index (χ3n) is 6.93. The van der Waals surface area contributed by atoms with Crippen LogP contribution in [-0.2, 0) is 23.4 Å². The van der Waals surface area contributed by atoms with Crippen molar-refractivity contribution in [3.63, 3.8) is 0 Å². The van der Waals surface area contributed by atoms with Crippen molar-refractivity contribution < 1.29 is 38.7 Å². The van der Waals surface area contributed by atoms with Crippen LogP contribution in [0.5, 0.6) is 0 Å². The lowest BCUT2D eigenvalue weighted by molar-refractivity contribution is -0.109. The van der Waals surface area contributed by atoms with Crippen molar-refractivity contribution in [2.24, 2.45) is 5.41 Å². The molecule has 0 heterocycles. The highest BCUT2D eigenvalue weighted by molar-refractivity contribution is 6.74. The van der Waals surface area contributed by atoms with Gasteiger partial charge in [-0.25, -0.2) is 0 Å². The maximum atomic E-state index is 9.06. The van der Waals surface area contributed by atoms with Crippen LogP contribution in [-0.4, -0.2) is 103 Å². The van der Waals surface area contributed by atoms with Gasteiger partial charge in [-0.2, -0.15) is 0 Å². The average molecular weight is 553 g/mol. The van der Waals surface area contributed by atoms with Crippen LogP contribution < -0.4 is 0 Å². The molecule has 9 heteroatoms. The van der Waals surface area contributed by atoms with Gasteiger partial charge in [0.25, 0.3) is 0 Å². The molecule has 0 atom stereocenters. The molecule has 224 valence electrons. The molecule has 0 aromatic rings. The zero-order valence-electron chi connectivity index (χ0n) is 24.7. The summed E-state index contributed by atoms with van der Waals surface area (Å²) in [6.07, 6.45) is 8.66. The van der Waals surface area contributed by atoms with Crippen LogP contribution in [0, 0.1) is 5.41 Å². The van der Waals surface area contributed by atoms with Crippen molar-refractivity contribution in [2.45, 2.75) is 96.7 Å². The Morgan fingerprint density at radius 3 is 1.16 bits per heavy atom. The van der Waals surface area contributed by atoms with E-state index in [9.17, 15) is 0 Å². The summed E-state index contributed by atoms with van der Waals surface area (Å²) in [6.45, 7) is 16.4. The second-order valence-electron chi connectivity index (χ2n) is 11.7. The summed E-state index contributed by atoms with van der Waals surface area (Å²) in [6, 6.07) is 0. The number of hydrogen-bond acceptors (Lipinski definition) is 8. The smallest absolute Gasteiger partial charge is 0.191 e. The Bertz CT molecular complexity index is 468.